The molecule has 4 nitrogen and oxygen atoms in total. The van der Waals surface area contributed by atoms with Gasteiger partial charge in [-0.05, 0) is 38.3 Å². The molecule has 0 saturated carbocycles. The Labute approximate surface area is 132 Å². The Hall–Kier alpha value is -0.950. The van der Waals surface area contributed by atoms with Gasteiger partial charge in [0.15, 0.2) is 4.77 Å². The van der Waals surface area contributed by atoms with E-state index >= 15 is 0 Å². The summed E-state index contributed by atoms with van der Waals surface area (Å²) in [5.74, 6) is 0.905. The first-order valence-corrected chi connectivity index (χ1v) is 7.79. The van der Waals surface area contributed by atoms with Crippen molar-refractivity contribution in [1.82, 2.24) is 19.2 Å². The van der Waals surface area contributed by atoms with Crippen LogP contribution in [0.5, 0.6) is 0 Å². The second-order valence-electron chi connectivity index (χ2n) is 4.59. The van der Waals surface area contributed by atoms with Gasteiger partial charge in [-0.3, -0.25) is 4.90 Å². The normalized spacial score (nSPS) is 11.2. The van der Waals surface area contributed by atoms with Gasteiger partial charge in [0.05, 0.1) is 11.0 Å². The summed E-state index contributed by atoms with van der Waals surface area (Å²) in [5.41, 5.74) is 0. The Kier molecular flexibility index (Phi) is 5.15. The van der Waals surface area contributed by atoms with Gasteiger partial charge in [0.2, 0.25) is 0 Å². The molecule has 0 spiro atoms. The first kappa shape index (κ1) is 15.4. The molecule has 2 rings (SSSR count). The third kappa shape index (κ3) is 3.58. The van der Waals surface area contributed by atoms with Gasteiger partial charge in [0, 0.05) is 18.0 Å². The number of halogens is 1. The Morgan fingerprint density at radius 2 is 2.30 bits per heavy atom. The van der Waals surface area contributed by atoms with Crippen LogP contribution in [0, 0.1) is 11.7 Å². The highest BCUT2D eigenvalue weighted by Gasteiger charge is 2.09. The van der Waals surface area contributed by atoms with E-state index in [2.05, 4.69) is 16.6 Å². The van der Waals surface area contributed by atoms with Crippen molar-refractivity contribution in [2.24, 2.45) is 0 Å². The van der Waals surface area contributed by atoms with Gasteiger partial charge in [-0.15, -0.1) is 17.9 Å². The molecule has 0 atom stereocenters. The van der Waals surface area contributed by atoms with Gasteiger partial charge in [0.1, 0.15) is 5.82 Å². The highest BCUT2D eigenvalue weighted by molar-refractivity contribution is 7.71. The average molecular weight is 329 g/mol. The fourth-order valence-electron chi connectivity index (χ4n) is 1.96. The standard InChI is InChI=1S/C13H17ClN4S2/c1-4-7-17-10(2)15-18(13(17)19)9-16(3)8-11-5-6-12(14)20-11/h4-6H,1,7-9H2,2-3H3. The molecule has 0 bridgehead atoms. The van der Waals surface area contributed by atoms with Gasteiger partial charge in [-0.2, -0.15) is 5.10 Å². The molecule has 0 unspecified atom stereocenters. The van der Waals surface area contributed by atoms with Crippen molar-refractivity contribution in [2.45, 2.75) is 26.7 Å². The molecule has 20 heavy (non-hydrogen) atoms. The molecule has 0 aliphatic carbocycles. The largest absolute Gasteiger partial charge is 0.300 e. The number of thiophene rings is 1. The second-order valence-corrected chi connectivity index (χ2v) is 6.75. The Morgan fingerprint density at radius 3 is 2.90 bits per heavy atom. The lowest BCUT2D eigenvalue weighted by Gasteiger charge is -2.15. The van der Waals surface area contributed by atoms with E-state index in [9.17, 15) is 0 Å². The lowest BCUT2D eigenvalue weighted by molar-refractivity contribution is 0.245. The molecule has 0 N–H and O–H groups in total. The fourth-order valence-corrected chi connectivity index (χ4v) is 3.44. The van der Waals surface area contributed by atoms with E-state index in [0.717, 1.165) is 21.5 Å². The molecule has 0 aromatic carbocycles. The summed E-state index contributed by atoms with van der Waals surface area (Å²) >= 11 is 13.0. The molecule has 108 valence electrons. The lowest BCUT2D eigenvalue weighted by Crippen LogP contribution is -2.22. The minimum absolute atomic E-state index is 0.652. The SMILES string of the molecule is C=CCn1c(C)nn(CN(C)Cc2ccc(Cl)s2)c1=S. The third-order valence-corrected chi connectivity index (χ3v) is 4.50. The van der Waals surface area contributed by atoms with Gasteiger partial charge in [-0.25, -0.2) is 4.68 Å². The van der Waals surface area contributed by atoms with Gasteiger partial charge in [0.25, 0.3) is 0 Å². The van der Waals surface area contributed by atoms with Crippen molar-refractivity contribution >= 4 is 35.2 Å². The predicted octanol–water partition coefficient (Wildman–Crippen LogP) is 3.71. The minimum atomic E-state index is 0.652. The maximum atomic E-state index is 5.94. The molecular weight excluding hydrogens is 312 g/mol. The van der Waals surface area contributed by atoms with E-state index in [-0.39, 0.29) is 0 Å². The number of aromatic nitrogens is 3. The van der Waals surface area contributed by atoms with Crippen LogP contribution in [0.2, 0.25) is 4.34 Å². The quantitative estimate of drug-likeness (QED) is 0.597. The van der Waals surface area contributed by atoms with Crippen LogP contribution in [-0.2, 0) is 19.8 Å². The van der Waals surface area contributed by atoms with Gasteiger partial charge < -0.3 is 4.57 Å². The number of hydrogen-bond donors (Lipinski definition) is 0. The van der Waals surface area contributed by atoms with Gasteiger partial charge in [-0.1, -0.05) is 17.7 Å². The van der Waals surface area contributed by atoms with Crippen LogP contribution >= 0.6 is 35.2 Å². The maximum absolute atomic E-state index is 5.94. The molecule has 2 aromatic heterocycles. The van der Waals surface area contributed by atoms with E-state index in [1.807, 2.05) is 41.4 Å². The fraction of sp³-hybridized carbons (Fsp3) is 0.385. The minimum Gasteiger partial charge on any atom is -0.300 e. The molecule has 0 aliphatic rings. The monoisotopic (exact) mass is 328 g/mol. The zero-order valence-electron chi connectivity index (χ0n) is 11.5. The topological polar surface area (TPSA) is 26.0 Å². The Bertz CT molecular complexity index is 656. The number of rotatable bonds is 6. The summed E-state index contributed by atoms with van der Waals surface area (Å²) in [4.78, 5) is 3.38. The van der Waals surface area contributed by atoms with E-state index in [1.54, 1.807) is 11.3 Å². The zero-order chi connectivity index (χ0) is 14.7. The maximum Gasteiger partial charge on any atom is 0.199 e. The van der Waals surface area contributed by atoms with E-state index in [0.29, 0.717) is 13.2 Å². The third-order valence-electron chi connectivity index (χ3n) is 2.85. The average Bonchev–Trinajstić information content (AvgIpc) is 2.89. The molecular formula is C13H17ClN4S2. The van der Waals surface area contributed by atoms with Crippen molar-refractivity contribution in [3.05, 3.63) is 44.6 Å². The molecule has 0 radical (unpaired) electrons. The van der Waals surface area contributed by atoms with E-state index in [1.165, 1.54) is 4.88 Å². The van der Waals surface area contributed by atoms with Crippen molar-refractivity contribution in [3.63, 3.8) is 0 Å². The molecule has 0 amide bonds. The summed E-state index contributed by atoms with van der Waals surface area (Å²) < 4.78 is 5.34. The summed E-state index contributed by atoms with van der Waals surface area (Å²) in [6, 6.07) is 3.97. The molecule has 0 fully saturated rings. The Morgan fingerprint density at radius 1 is 1.55 bits per heavy atom. The number of nitrogens with zero attached hydrogens (tertiary/aromatic N) is 4. The molecule has 2 aromatic rings. The zero-order valence-corrected chi connectivity index (χ0v) is 13.9. The first-order valence-electron chi connectivity index (χ1n) is 6.19. The highest BCUT2D eigenvalue weighted by atomic mass is 35.5. The predicted molar refractivity (Wildman–Crippen MR) is 86.8 cm³/mol. The van der Waals surface area contributed by atoms with Gasteiger partial charge >= 0.3 is 0 Å². The lowest BCUT2D eigenvalue weighted by atomic mass is 10.4. The van der Waals surface area contributed by atoms with Crippen LogP contribution in [0.25, 0.3) is 0 Å². The molecule has 0 saturated heterocycles. The van der Waals surface area contributed by atoms with Crippen LogP contribution < -0.4 is 0 Å². The van der Waals surface area contributed by atoms with Crippen molar-refractivity contribution in [2.75, 3.05) is 7.05 Å². The highest BCUT2D eigenvalue weighted by Crippen LogP contribution is 2.22. The second kappa shape index (κ2) is 6.67. The summed E-state index contributed by atoms with van der Waals surface area (Å²) in [6.07, 6.45) is 1.83. The van der Waals surface area contributed by atoms with Crippen LogP contribution in [-0.4, -0.2) is 26.3 Å². The molecule has 2 heterocycles. The summed E-state index contributed by atoms with van der Waals surface area (Å²) in [5, 5.41) is 4.48. The van der Waals surface area contributed by atoms with Crippen LogP contribution in [0.3, 0.4) is 0 Å². The van der Waals surface area contributed by atoms with E-state index in [4.69, 9.17) is 23.8 Å². The van der Waals surface area contributed by atoms with Crippen molar-refractivity contribution < 1.29 is 0 Å². The smallest absolute Gasteiger partial charge is 0.199 e. The molecule has 7 heteroatoms. The van der Waals surface area contributed by atoms with Crippen LogP contribution in [0.1, 0.15) is 10.7 Å². The first-order chi connectivity index (χ1) is 9.51. The van der Waals surface area contributed by atoms with Crippen molar-refractivity contribution in [1.29, 1.82) is 0 Å². The number of hydrogen-bond acceptors (Lipinski definition) is 4. The summed E-state index contributed by atoms with van der Waals surface area (Å²) in [7, 11) is 2.04. The van der Waals surface area contributed by atoms with E-state index < -0.39 is 0 Å². The summed E-state index contributed by atoms with van der Waals surface area (Å²) in [6.45, 7) is 7.86. The number of allylic oxidation sites excluding steroid dienone is 1. The Balaban J connectivity index is 2.08. The van der Waals surface area contributed by atoms with Crippen molar-refractivity contribution in [3.8, 4) is 0 Å². The number of aryl methyl sites for hydroxylation is 1. The van der Waals surface area contributed by atoms with Crippen LogP contribution in [0.15, 0.2) is 24.8 Å². The molecule has 0 aliphatic heterocycles. The van der Waals surface area contributed by atoms with Crippen LogP contribution in [0.4, 0.5) is 0 Å².